The zero-order valence-electron chi connectivity index (χ0n) is 9.31. The maximum Gasteiger partial charge on any atom is 0.311 e. The zero-order valence-corrected chi connectivity index (χ0v) is 10.1. The van der Waals surface area contributed by atoms with Crippen LogP contribution in [0.25, 0.3) is 0 Å². The van der Waals surface area contributed by atoms with Gasteiger partial charge in [0.05, 0.1) is 5.92 Å². The maximum absolute atomic E-state index is 11.2. The topological polar surface area (TPSA) is 46.5 Å². The van der Waals surface area contributed by atoms with E-state index in [1.165, 1.54) is 0 Å². The number of carbonyl (C=O) groups is 1. The van der Waals surface area contributed by atoms with E-state index in [0.29, 0.717) is 11.6 Å². The molecule has 0 aromatic heterocycles. The Morgan fingerprint density at radius 1 is 1.44 bits per heavy atom. The molecule has 1 rings (SSSR count). The van der Waals surface area contributed by atoms with Crippen molar-refractivity contribution in [2.45, 2.75) is 12.8 Å². The number of benzene rings is 1. The van der Waals surface area contributed by atoms with Gasteiger partial charge in [-0.05, 0) is 23.6 Å². The molecular weight excluding hydrogens is 228 g/mol. The summed E-state index contributed by atoms with van der Waals surface area (Å²) in [4.78, 5) is 11.2. The second-order valence-electron chi connectivity index (χ2n) is 3.80. The van der Waals surface area contributed by atoms with Crippen LogP contribution in [0.5, 0.6) is 0 Å². The van der Waals surface area contributed by atoms with Crippen molar-refractivity contribution >= 4 is 17.6 Å². The highest BCUT2D eigenvalue weighted by molar-refractivity contribution is 6.30. The molecule has 0 aliphatic heterocycles. The molecule has 0 heterocycles. The zero-order chi connectivity index (χ0) is 12.1. The van der Waals surface area contributed by atoms with Crippen LogP contribution >= 0.6 is 11.6 Å². The van der Waals surface area contributed by atoms with Gasteiger partial charge in [-0.15, -0.1) is 0 Å². The molecule has 4 heteroatoms. The minimum Gasteiger partial charge on any atom is -0.481 e. The first kappa shape index (κ1) is 13.0. The molecule has 0 bridgehead atoms. The predicted molar refractivity (Wildman–Crippen MR) is 62.9 cm³/mol. The average molecular weight is 243 g/mol. The third kappa shape index (κ3) is 3.22. The highest BCUT2D eigenvalue weighted by atomic mass is 35.5. The largest absolute Gasteiger partial charge is 0.481 e. The van der Waals surface area contributed by atoms with Crippen molar-refractivity contribution in [3.63, 3.8) is 0 Å². The van der Waals surface area contributed by atoms with Crippen LogP contribution in [0.15, 0.2) is 24.3 Å². The average Bonchev–Trinajstić information content (AvgIpc) is 2.21. The van der Waals surface area contributed by atoms with Gasteiger partial charge in [-0.2, -0.15) is 0 Å². The summed E-state index contributed by atoms with van der Waals surface area (Å²) in [7, 11) is 1.57. The Labute approximate surface area is 100.0 Å². The summed E-state index contributed by atoms with van der Waals surface area (Å²) in [5.74, 6) is -1.48. The molecule has 0 saturated carbocycles. The minimum absolute atomic E-state index is 0.0799. The highest BCUT2D eigenvalue weighted by Gasteiger charge is 2.26. The molecule has 0 saturated heterocycles. The number of ether oxygens (including phenoxy) is 1. The van der Waals surface area contributed by atoms with Crippen LogP contribution in [-0.4, -0.2) is 24.8 Å². The van der Waals surface area contributed by atoms with E-state index >= 15 is 0 Å². The van der Waals surface area contributed by atoms with Crippen LogP contribution in [-0.2, 0) is 9.53 Å². The second-order valence-corrected chi connectivity index (χ2v) is 4.24. The number of carboxylic acids is 1. The van der Waals surface area contributed by atoms with Gasteiger partial charge >= 0.3 is 5.97 Å². The van der Waals surface area contributed by atoms with E-state index in [1.807, 2.05) is 6.92 Å². The van der Waals surface area contributed by atoms with E-state index < -0.39 is 11.9 Å². The lowest BCUT2D eigenvalue weighted by Gasteiger charge is -2.19. The highest BCUT2D eigenvalue weighted by Crippen LogP contribution is 2.26. The van der Waals surface area contributed by atoms with Gasteiger partial charge in [-0.1, -0.05) is 30.7 Å². The first-order chi connectivity index (χ1) is 7.56. The maximum atomic E-state index is 11.2. The summed E-state index contributed by atoms with van der Waals surface area (Å²) in [5, 5.41) is 9.81. The van der Waals surface area contributed by atoms with Crippen LogP contribution in [0, 0.1) is 5.92 Å². The van der Waals surface area contributed by atoms with Crippen LogP contribution in [0.2, 0.25) is 5.02 Å². The van der Waals surface area contributed by atoms with E-state index in [2.05, 4.69) is 0 Å². The summed E-state index contributed by atoms with van der Waals surface area (Å²) in [6, 6.07) is 6.89. The van der Waals surface area contributed by atoms with Crippen molar-refractivity contribution < 1.29 is 14.6 Å². The molecule has 1 aromatic carbocycles. The van der Waals surface area contributed by atoms with Gasteiger partial charge in [0.15, 0.2) is 0 Å². The smallest absolute Gasteiger partial charge is 0.311 e. The fraction of sp³-hybridized carbons (Fsp3) is 0.417. The Kier molecular flexibility index (Phi) is 4.77. The molecule has 0 radical (unpaired) electrons. The van der Waals surface area contributed by atoms with Crippen molar-refractivity contribution in [1.82, 2.24) is 0 Å². The molecule has 1 N–H and O–H groups in total. The Balaban J connectivity index is 2.93. The van der Waals surface area contributed by atoms with Gasteiger partial charge in [0.2, 0.25) is 0 Å². The molecular formula is C12H15ClO3. The van der Waals surface area contributed by atoms with Gasteiger partial charge in [0.25, 0.3) is 0 Å². The molecule has 0 spiro atoms. The number of rotatable bonds is 5. The normalized spacial score (nSPS) is 14.4. The third-order valence-electron chi connectivity index (χ3n) is 2.49. The van der Waals surface area contributed by atoms with Gasteiger partial charge in [-0.25, -0.2) is 0 Å². The number of methoxy groups -OCH3 is 1. The van der Waals surface area contributed by atoms with Crippen molar-refractivity contribution in [2.75, 3.05) is 13.7 Å². The Morgan fingerprint density at radius 2 is 2.00 bits per heavy atom. The molecule has 2 atom stereocenters. The minimum atomic E-state index is -0.841. The summed E-state index contributed by atoms with van der Waals surface area (Å²) < 4.78 is 4.99. The van der Waals surface area contributed by atoms with Gasteiger partial charge < -0.3 is 9.84 Å². The van der Waals surface area contributed by atoms with E-state index in [4.69, 9.17) is 16.3 Å². The van der Waals surface area contributed by atoms with Crippen molar-refractivity contribution in [1.29, 1.82) is 0 Å². The van der Waals surface area contributed by atoms with E-state index in [0.717, 1.165) is 5.56 Å². The lowest BCUT2D eigenvalue weighted by atomic mass is 9.88. The summed E-state index contributed by atoms with van der Waals surface area (Å²) in [6.07, 6.45) is 0. The molecule has 0 fully saturated rings. The lowest BCUT2D eigenvalue weighted by Crippen LogP contribution is -2.22. The Morgan fingerprint density at radius 3 is 2.44 bits per heavy atom. The number of hydrogen-bond acceptors (Lipinski definition) is 2. The van der Waals surface area contributed by atoms with Gasteiger partial charge in [0, 0.05) is 18.7 Å². The number of carboxylic acid groups (broad SMARTS) is 1. The molecule has 0 amide bonds. The Bertz CT molecular complexity index is 348. The first-order valence-corrected chi connectivity index (χ1v) is 5.41. The van der Waals surface area contributed by atoms with Crippen molar-refractivity contribution in [3.8, 4) is 0 Å². The molecule has 0 aliphatic carbocycles. The molecule has 16 heavy (non-hydrogen) atoms. The summed E-state index contributed by atoms with van der Waals surface area (Å²) >= 11 is 5.76. The van der Waals surface area contributed by atoms with E-state index in [-0.39, 0.29) is 5.92 Å². The molecule has 0 aliphatic rings. The van der Waals surface area contributed by atoms with Gasteiger partial charge in [-0.3, -0.25) is 4.79 Å². The fourth-order valence-electron chi connectivity index (χ4n) is 1.74. The standard InChI is InChI=1S/C12H15ClO3/c1-8(7-16-2)11(12(14)15)9-3-5-10(13)6-4-9/h3-6,8,11H,7H2,1-2H3,(H,14,15). The van der Waals surface area contributed by atoms with E-state index in [9.17, 15) is 9.90 Å². The molecule has 2 unspecified atom stereocenters. The summed E-state index contributed by atoms with van der Waals surface area (Å²) in [6.45, 7) is 2.27. The lowest BCUT2D eigenvalue weighted by molar-refractivity contribution is -0.140. The fourth-order valence-corrected chi connectivity index (χ4v) is 1.87. The van der Waals surface area contributed by atoms with Crippen LogP contribution < -0.4 is 0 Å². The molecule has 88 valence electrons. The van der Waals surface area contributed by atoms with Crippen LogP contribution in [0.3, 0.4) is 0 Å². The molecule has 1 aromatic rings. The molecule has 3 nitrogen and oxygen atoms in total. The van der Waals surface area contributed by atoms with Crippen molar-refractivity contribution in [2.24, 2.45) is 5.92 Å². The van der Waals surface area contributed by atoms with Crippen LogP contribution in [0.4, 0.5) is 0 Å². The first-order valence-electron chi connectivity index (χ1n) is 5.03. The van der Waals surface area contributed by atoms with Crippen molar-refractivity contribution in [3.05, 3.63) is 34.9 Å². The van der Waals surface area contributed by atoms with E-state index in [1.54, 1.807) is 31.4 Å². The number of halogens is 1. The van der Waals surface area contributed by atoms with Gasteiger partial charge in [0.1, 0.15) is 0 Å². The second kappa shape index (κ2) is 5.87. The van der Waals surface area contributed by atoms with Crippen LogP contribution in [0.1, 0.15) is 18.4 Å². The third-order valence-corrected chi connectivity index (χ3v) is 2.75. The monoisotopic (exact) mass is 242 g/mol. The quantitative estimate of drug-likeness (QED) is 0.864. The number of aliphatic carboxylic acids is 1. The number of hydrogen-bond donors (Lipinski definition) is 1. The predicted octanol–water partition coefficient (Wildman–Crippen LogP) is 2.79. The summed E-state index contributed by atoms with van der Waals surface area (Å²) in [5.41, 5.74) is 0.751. The Hall–Kier alpha value is -1.06. The SMILES string of the molecule is COCC(C)C(C(=O)O)c1ccc(Cl)cc1.